The Morgan fingerprint density at radius 1 is 0.585 bits per heavy atom. The zero-order valence-electron chi connectivity index (χ0n) is 35.9. The van der Waals surface area contributed by atoms with Crippen molar-refractivity contribution in [2.75, 3.05) is 9.80 Å². The summed E-state index contributed by atoms with van der Waals surface area (Å²) >= 11 is 0. The maximum Gasteiger partial charge on any atom is 0.135 e. The normalized spacial score (nSPS) is 12.4. The molecule has 0 amide bonds. The van der Waals surface area contributed by atoms with E-state index in [2.05, 4.69) is 183 Å². The molecule has 320 valence electrons. The van der Waals surface area contributed by atoms with Crippen LogP contribution in [0, 0.1) is 24.6 Å². The Morgan fingerprint density at radius 3 is 1.94 bits per heavy atom. The van der Waals surface area contributed by atoms with Crippen molar-refractivity contribution in [3.8, 4) is 50.7 Å². The van der Waals surface area contributed by atoms with Gasteiger partial charge in [-0.15, -0.1) is 48.1 Å². The largest absolute Gasteiger partial charge is 0.509 e. The first kappa shape index (κ1) is 41.7. The van der Waals surface area contributed by atoms with Gasteiger partial charge < -0.3 is 19.1 Å². The number of para-hydroxylation sites is 2. The van der Waals surface area contributed by atoms with E-state index in [9.17, 15) is 4.39 Å². The fourth-order valence-corrected chi connectivity index (χ4v) is 8.91. The van der Waals surface area contributed by atoms with Crippen molar-refractivity contribution >= 4 is 44.6 Å². The van der Waals surface area contributed by atoms with Crippen molar-refractivity contribution in [1.29, 1.82) is 0 Å². The molecule has 0 fully saturated rings. The van der Waals surface area contributed by atoms with Gasteiger partial charge in [-0.2, -0.15) is 12.1 Å². The van der Waals surface area contributed by atoms with Gasteiger partial charge in [0.25, 0.3) is 0 Å². The van der Waals surface area contributed by atoms with Gasteiger partial charge in [-0.3, -0.25) is 0 Å². The Balaban J connectivity index is 0.00000498. The van der Waals surface area contributed by atoms with Gasteiger partial charge in [0.15, 0.2) is 0 Å². The second-order valence-electron chi connectivity index (χ2n) is 17.1. The number of fused-ring (bicyclic) bond motifs is 4. The zero-order chi connectivity index (χ0) is 43.4. The zero-order valence-corrected chi connectivity index (χ0v) is 38.2. The summed E-state index contributed by atoms with van der Waals surface area (Å²) in [4.78, 5) is 9.24. The molecule has 2 aromatic heterocycles. The van der Waals surface area contributed by atoms with E-state index in [1.807, 2.05) is 47.2 Å². The Hall–Kier alpha value is -7.27. The molecule has 0 bridgehead atoms. The molecular weight excluding hydrogens is 983 g/mol. The maximum atomic E-state index is 14.8. The number of rotatable bonds is 8. The standard InChI is InChI=1S/C58H42FN4O.Pt/c1-58(2,3)41-32-33-60-55(34-41)63-52-31-28-42(59)35-51(52)49-30-29-46(37-54(49)63)64-45-23-13-22-44(36-45)61-38-62(43-20-11-6-12-21-43)57-50(26-15-27-53(57)61)56-47(39-16-7-4-8-17-39)24-14-25-48(56)40-18-9-5-10-19-40;/h4-35,38H,1-3H3;/q-3;. The van der Waals surface area contributed by atoms with Crippen LogP contribution in [0.15, 0.2) is 194 Å². The van der Waals surface area contributed by atoms with Crippen molar-refractivity contribution in [1.82, 2.24) is 9.55 Å². The number of hydrogen-bond acceptors (Lipinski definition) is 4. The number of anilines is 4. The van der Waals surface area contributed by atoms with E-state index in [4.69, 9.17) is 9.72 Å². The molecular formula is C58H42FN4OPt-3. The fraction of sp³-hybridized carbons (Fsp3) is 0.0690. The van der Waals surface area contributed by atoms with Crippen LogP contribution in [0.5, 0.6) is 11.5 Å². The molecule has 3 heterocycles. The summed E-state index contributed by atoms with van der Waals surface area (Å²) < 4.78 is 23.4. The molecule has 0 saturated heterocycles. The van der Waals surface area contributed by atoms with Gasteiger partial charge >= 0.3 is 0 Å². The quantitative estimate of drug-likeness (QED) is 0.142. The monoisotopic (exact) mass is 1020 g/mol. The summed E-state index contributed by atoms with van der Waals surface area (Å²) in [5.74, 6) is 1.46. The first-order chi connectivity index (χ1) is 31.3. The molecule has 0 saturated carbocycles. The first-order valence-corrected chi connectivity index (χ1v) is 21.5. The minimum absolute atomic E-state index is 0. The molecule has 65 heavy (non-hydrogen) atoms. The van der Waals surface area contributed by atoms with Gasteiger partial charge in [-0.1, -0.05) is 135 Å². The minimum atomic E-state index is -0.301. The minimum Gasteiger partial charge on any atom is -0.509 e. The predicted octanol–water partition coefficient (Wildman–Crippen LogP) is 15.4. The van der Waals surface area contributed by atoms with E-state index in [0.29, 0.717) is 11.5 Å². The molecule has 0 radical (unpaired) electrons. The van der Waals surface area contributed by atoms with Crippen LogP contribution in [0.4, 0.5) is 27.1 Å². The third kappa shape index (κ3) is 7.68. The second-order valence-corrected chi connectivity index (χ2v) is 17.1. The van der Waals surface area contributed by atoms with Crippen LogP contribution in [-0.4, -0.2) is 9.55 Å². The third-order valence-electron chi connectivity index (χ3n) is 12.0. The summed E-state index contributed by atoms with van der Waals surface area (Å²) in [5, 5.41) is 1.63. The Labute approximate surface area is 393 Å². The molecule has 1 aliphatic rings. The molecule has 1 aliphatic heterocycles. The average Bonchev–Trinajstić information content (AvgIpc) is 3.88. The fourth-order valence-electron chi connectivity index (χ4n) is 8.91. The van der Waals surface area contributed by atoms with Crippen LogP contribution >= 0.6 is 0 Å². The van der Waals surface area contributed by atoms with Crippen LogP contribution in [-0.2, 0) is 26.5 Å². The van der Waals surface area contributed by atoms with Gasteiger partial charge in [0.05, 0.1) is 0 Å². The Kier molecular flexibility index (Phi) is 10.9. The molecule has 11 rings (SSSR count). The topological polar surface area (TPSA) is 33.5 Å². The molecule has 0 N–H and O–H groups in total. The van der Waals surface area contributed by atoms with Gasteiger partial charge in [0.2, 0.25) is 0 Å². The van der Waals surface area contributed by atoms with Gasteiger partial charge in [0, 0.05) is 66.9 Å². The van der Waals surface area contributed by atoms with Crippen molar-refractivity contribution in [3.05, 3.63) is 224 Å². The van der Waals surface area contributed by atoms with E-state index in [-0.39, 0.29) is 32.3 Å². The third-order valence-corrected chi connectivity index (χ3v) is 12.0. The van der Waals surface area contributed by atoms with Crippen LogP contribution < -0.4 is 14.5 Å². The van der Waals surface area contributed by atoms with Gasteiger partial charge in [-0.25, -0.2) is 9.37 Å². The van der Waals surface area contributed by atoms with Crippen LogP contribution in [0.1, 0.15) is 26.3 Å². The molecule has 10 aromatic rings. The smallest absolute Gasteiger partial charge is 0.135 e. The number of ether oxygens (including phenoxy) is 1. The SMILES string of the molecule is CC(C)(C)c1ccnc(-n2c3[c-]c(Oc4[c-]c(N5[CH-]N(c6ccccc6)c6c(-c7c(-c8ccccc8)cccc7-c7ccccc7)cccc65)ccc4)ccc3c3cc(F)ccc32)c1.[Pt]. The first-order valence-electron chi connectivity index (χ1n) is 21.5. The molecule has 7 heteroatoms. The molecule has 8 aromatic carbocycles. The summed E-state index contributed by atoms with van der Waals surface area (Å²) in [6.45, 7) is 8.68. The van der Waals surface area contributed by atoms with E-state index in [0.717, 1.165) is 89.3 Å². The summed E-state index contributed by atoms with van der Waals surface area (Å²) in [7, 11) is 0. The van der Waals surface area contributed by atoms with Gasteiger partial charge in [-0.05, 0) is 92.7 Å². The number of benzene rings is 8. The van der Waals surface area contributed by atoms with E-state index in [1.165, 1.54) is 6.07 Å². The van der Waals surface area contributed by atoms with Crippen LogP contribution in [0.3, 0.4) is 0 Å². The average molecular weight is 1030 g/mol. The predicted molar refractivity (Wildman–Crippen MR) is 259 cm³/mol. The van der Waals surface area contributed by atoms with Crippen molar-refractivity contribution in [2.24, 2.45) is 0 Å². The van der Waals surface area contributed by atoms with Crippen LogP contribution in [0.2, 0.25) is 0 Å². The van der Waals surface area contributed by atoms with Crippen molar-refractivity contribution in [2.45, 2.75) is 26.2 Å². The molecule has 0 atom stereocenters. The summed E-state index contributed by atoms with van der Waals surface area (Å²) in [5.41, 5.74) is 13.4. The van der Waals surface area contributed by atoms with E-state index in [1.54, 1.807) is 12.1 Å². The summed E-state index contributed by atoms with van der Waals surface area (Å²) in [6, 6.07) is 70.8. The number of hydrogen-bond donors (Lipinski definition) is 0. The second kappa shape index (κ2) is 17.0. The Morgan fingerprint density at radius 2 is 1.23 bits per heavy atom. The van der Waals surface area contributed by atoms with Crippen LogP contribution in [0.25, 0.3) is 61.0 Å². The molecule has 0 aliphatic carbocycles. The molecule has 0 spiro atoms. The number of halogens is 1. The maximum absolute atomic E-state index is 14.8. The van der Waals surface area contributed by atoms with Gasteiger partial charge in [0.1, 0.15) is 11.6 Å². The van der Waals surface area contributed by atoms with E-state index < -0.39 is 0 Å². The van der Waals surface area contributed by atoms with E-state index >= 15 is 0 Å². The number of nitrogens with zero attached hydrogens (tertiary/aromatic N) is 4. The molecule has 5 nitrogen and oxygen atoms in total. The molecule has 0 unspecified atom stereocenters. The number of pyridine rings is 1. The summed E-state index contributed by atoms with van der Waals surface area (Å²) in [6.07, 6.45) is 1.83. The van der Waals surface area contributed by atoms with Crippen molar-refractivity contribution in [3.63, 3.8) is 0 Å². The number of aromatic nitrogens is 2. The Bertz CT molecular complexity index is 3290. The van der Waals surface area contributed by atoms with Crippen molar-refractivity contribution < 1.29 is 30.2 Å².